The normalized spacial score (nSPS) is 29.6. The number of hydrogen-bond donors (Lipinski definition) is 4. The first-order valence-corrected chi connectivity index (χ1v) is 8.92. The maximum absolute atomic E-state index is 10.2. The minimum Gasteiger partial charge on any atom is -0.497 e. The van der Waals surface area contributed by atoms with Crippen LogP contribution in [0.25, 0.3) is 0 Å². The van der Waals surface area contributed by atoms with E-state index in [0.29, 0.717) is 0 Å². The largest absolute Gasteiger partial charge is 0.497 e. The molecule has 25 heavy (non-hydrogen) atoms. The van der Waals surface area contributed by atoms with Crippen LogP contribution in [0.4, 0.5) is 0 Å². The molecule has 2 aromatic rings. The fourth-order valence-corrected chi connectivity index (χ4v) is 3.94. The third-order valence-electron chi connectivity index (χ3n) is 4.41. The molecule has 6 nitrogen and oxygen atoms in total. The molecule has 1 aromatic heterocycles. The van der Waals surface area contributed by atoms with Gasteiger partial charge in [-0.2, -0.15) is 0 Å². The van der Waals surface area contributed by atoms with Gasteiger partial charge in [-0.3, -0.25) is 0 Å². The fourth-order valence-electron chi connectivity index (χ4n) is 2.95. The quantitative estimate of drug-likeness (QED) is 0.627. The van der Waals surface area contributed by atoms with E-state index in [-0.39, 0.29) is 0 Å². The van der Waals surface area contributed by atoms with Gasteiger partial charge in [0, 0.05) is 4.88 Å². The van der Waals surface area contributed by atoms with Crippen molar-refractivity contribution in [1.82, 2.24) is 0 Å². The molecule has 0 aliphatic carbocycles. The first-order chi connectivity index (χ1) is 12.0. The molecule has 1 saturated heterocycles. The Balaban J connectivity index is 1.73. The van der Waals surface area contributed by atoms with Gasteiger partial charge in [-0.1, -0.05) is 12.1 Å². The maximum Gasteiger partial charge on any atom is 0.121 e. The van der Waals surface area contributed by atoms with Crippen LogP contribution in [0.5, 0.6) is 5.75 Å². The number of hydrogen-bond acceptors (Lipinski definition) is 7. The van der Waals surface area contributed by atoms with Crippen molar-refractivity contribution in [3.05, 3.63) is 51.7 Å². The highest BCUT2D eigenvalue weighted by atomic mass is 32.1. The topological polar surface area (TPSA) is 99.4 Å². The summed E-state index contributed by atoms with van der Waals surface area (Å²) in [5.74, 6) is 0.802. The van der Waals surface area contributed by atoms with E-state index in [1.165, 1.54) is 11.3 Å². The van der Waals surface area contributed by atoms with E-state index in [1.54, 1.807) is 7.11 Å². The van der Waals surface area contributed by atoms with Gasteiger partial charge in [0.1, 0.15) is 36.3 Å². The molecular formula is C18H22O6S. The minimum atomic E-state index is -1.36. The predicted octanol–water partition coefficient (Wildman–Crippen LogP) is 0.862. The molecule has 1 aliphatic rings. The second kappa shape index (κ2) is 7.82. The standard InChI is InChI=1S/C18H22O6S/c1-23-12-4-2-10(3-5-12)6-11-7-14(25-9-11)18-17(22)16(21)15(20)13(8-19)24-18/h2-5,7,9,13,15-22H,6,8H2,1H3/t13-,15-,16+,17-,18+/m1/s1. The van der Waals surface area contributed by atoms with Crippen LogP contribution in [0, 0.1) is 0 Å². The number of methoxy groups -OCH3 is 1. The summed E-state index contributed by atoms with van der Waals surface area (Å²) < 4.78 is 10.7. The molecule has 5 atom stereocenters. The van der Waals surface area contributed by atoms with Gasteiger partial charge < -0.3 is 29.9 Å². The van der Waals surface area contributed by atoms with E-state index in [1.807, 2.05) is 35.7 Å². The lowest BCUT2D eigenvalue weighted by atomic mass is 9.94. The van der Waals surface area contributed by atoms with Crippen molar-refractivity contribution in [3.8, 4) is 5.75 Å². The molecule has 0 saturated carbocycles. The average molecular weight is 366 g/mol. The number of ether oxygens (including phenoxy) is 2. The van der Waals surface area contributed by atoms with E-state index in [4.69, 9.17) is 9.47 Å². The lowest BCUT2D eigenvalue weighted by Gasteiger charge is -2.39. The zero-order valence-electron chi connectivity index (χ0n) is 13.8. The Hall–Kier alpha value is -1.48. The Bertz CT molecular complexity index is 683. The summed E-state index contributed by atoms with van der Waals surface area (Å²) in [7, 11) is 1.63. The molecule has 0 unspecified atom stereocenters. The van der Waals surface area contributed by atoms with Gasteiger partial charge in [0.05, 0.1) is 13.7 Å². The van der Waals surface area contributed by atoms with Crippen molar-refractivity contribution in [1.29, 1.82) is 0 Å². The number of rotatable bonds is 5. The van der Waals surface area contributed by atoms with Crippen LogP contribution in [0.3, 0.4) is 0 Å². The predicted molar refractivity (Wildman–Crippen MR) is 92.8 cm³/mol. The van der Waals surface area contributed by atoms with Crippen molar-refractivity contribution in [2.45, 2.75) is 36.9 Å². The van der Waals surface area contributed by atoms with Crippen LogP contribution < -0.4 is 4.74 Å². The Kier molecular flexibility index (Phi) is 5.73. The summed E-state index contributed by atoms with van der Waals surface area (Å²) in [4.78, 5) is 0.750. The van der Waals surface area contributed by atoms with Crippen LogP contribution in [-0.2, 0) is 11.2 Å². The SMILES string of the molecule is COc1ccc(Cc2csc([C@@H]3O[C@H](CO)[C@@H](O)[C@H](O)[C@H]3O)c2)cc1. The number of benzene rings is 1. The van der Waals surface area contributed by atoms with Crippen molar-refractivity contribution >= 4 is 11.3 Å². The fraction of sp³-hybridized carbons (Fsp3) is 0.444. The molecule has 0 amide bonds. The number of thiophene rings is 1. The Morgan fingerprint density at radius 2 is 1.76 bits per heavy atom. The minimum absolute atomic E-state index is 0.425. The average Bonchev–Trinajstić information content (AvgIpc) is 3.09. The summed E-state index contributed by atoms with van der Waals surface area (Å²) in [5, 5.41) is 41.3. The summed E-state index contributed by atoms with van der Waals surface area (Å²) in [6.45, 7) is -0.425. The molecule has 136 valence electrons. The molecule has 1 aromatic carbocycles. The highest BCUT2D eigenvalue weighted by molar-refractivity contribution is 7.10. The van der Waals surface area contributed by atoms with E-state index in [9.17, 15) is 20.4 Å². The van der Waals surface area contributed by atoms with E-state index >= 15 is 0 Å². The molecule has 2 heterocycles. The molecule has 0 bridgehead atoms. The monoisotopic (exact) mass is 366 g/mol. The molecule has 7 heteroatoms. The van der Waals surface area contributed by atoms with Crippen molar-refractivity contribution in [3.63, 3.8) is 0 Å². The molecular weight excluding hydrogens is 344 g/mol. The molecule has 3 rings (SSSR count). The summed E-state index contributed by atoms with van der Waals surface area (Å²) >= 11 is 1.42. The van der Waals surface area contributed by atoms with E-state index in [0.717, 1.165) is 28.2 Å². The lowest BCUT2D eigenvalue weighted by molar-refractivity contribution is -0.230. The zero-order chi connectivity index (χ0) is 18.0. The summed E-state index contributed by atoms with van der Waals surface area (Å²) in [5.41, 5.74) is 2.18. The van der Waals surface area contributed by atoms with Gasteiger partial charge >= 0.3 is 0 Å². The van der Waals surface area contributed by atoms with Crippen LogP contribution in [0.2, 0.25) is 0 Å². The van der Waals surface area contributed by atoms with Crippen molar-refractivity contribution < 1.29 is 29.9 Å². The van der Waals surface area contributed by atoms with Crippen LogP contribution in [-0.4, -0.2) is 58.6 Å². The Morgan fingerprint density at radius 3 is 2.40 bits per heavy atom. The van der Waals surface area contributed by atoms with E-state index in [2.05, 4.69) is 0 Å². The second-order valence-corrected chi connectivity index (χ2v) is 7.07. The molecule has 4 N–H and O–H groups in total. The highest BCUT2D eigenvalue weighted by Gasteiger charge is 2.44. The molecule has 1 fully saturated rings. The van der Waals surface area contributed by atoms with Gasteiger partial charge in [-0.25, -0.2) is 0 Å². The molecule has 0 spiro atoms. The lowest BCUT2D eigenvalue weighted by Crippen LogP contribution is -2.55. The van der Waals surface area contributed by atoms with Crippen LogP contribution in [0.15, 0.2) is 35.7 Å². The van der Waals surface area contributed by atoms with Gasteiger partial charge in [-0.15, -0.1) is 11.3 Å². The van der Waals surface area contributed by atoms with E-state index < -0.39 is 37.1 Å². The van der Waals surface area contributed by atoms with Gasteiger partial charge in [0.25, 0.3) is 0 Å². The Labute approximate surface area is 149 Å². The van der Waals surface area contributed by atoms with Crippen molar-refractivity contribution in [2.24, 2.45) is 0 Å². The second-order valence-electron chi connectivity index (χ2n) is 6.13. The summed E-state index contributed by atoms with van der Waals surface area (Å²) in [6.07, 6.45) is -4.89. The third-order valence-corrected chi connectivity index (χ3v) is 5.46. The third kappa shape index (κ3) is 3.87. The highest BCUT2D eigenvalue weighted by Crippen LogP contribution is 2.36. The molecule has 0 radical (unpaired) electrons. The molecule has 1 aliphatic heterocycles. The number of aliphatic hydroxyl groups excluding tert-OH is 4. The zero-order valence-corrected chi connectivity index (χ0v) is 14.6. The van der Waals surface area contributed by atoms with Crippen LogP contribution >= 0.6 is 11.3 Å². The summed E-state index contributed by atoms with van der Waals surface area (Å²) in [6, 6.07) is 9.70. The smallest absolute Gasteiger partial charge is 0.121 e. The van der Waals surface area contributed by atoms with Gasteiger partial charge in [0.2, 0.25) is 0 Å². The van der Waals surface area contributed by atoms with Gasteiger partial charge in [-0.05, 0) is 41.1 Å². The number of aliphatic hydroxyl groups is 4. The first-order valence-electron chi connectivity index (χ1n) is 8.04. The van der Waals surface area contributed by atoms with Gasteiger partial charge in [0.15, 0.2) is 0 Å². The van der Waals surface area contributed by atoms with Crippen molar-refractivity contribution in [2.75, 3.05) is 13.7 Å². The maximum atomic E-state index is 10.2. The first kappa shape index (κ1) is 18.3. The Morgan fingerprint density at radius 1 is 1.04 bits per heavy atom. The van der Waals surface area contributed by atoms with Crippen LogP contribution in [0.1, 0.15) is 22.1 Å².